The molecule has 1 aliphatic heterocycles. The van der Waals surface area contributed by atoms with Crippen LogP contribution >= 0.6 is 0 Å². The molecule has 0 unspecified atom stereocenters. The fourth-order valence-corrected chi connectivity index (χ4v) is 4.96. The molecular formula is C30H20N4. The van der Waals surface area contributed by atoms with Crippen LogP contribution in [-0.4, -0.2) is 14.5 Å². The smallest absolute Gasteiger partial charge is 0.137 e. The van der Waals surface area contributed by atoms with Gasteiger partial charge in [-0.25, -0.2) is 9.97 Å². The van der Waals surface area contributed by atoms with Crippen LogP contribution < -0.4 is 4.90 Å². The van der Waals surface area contributed by atoms with Crippen LogP contribution in [0.2, 0.25) is 0 Å². The minimum atomic E-state index is 0.889. The number of fused-ring (bicyclic) bond motifs is 5. The van der Waals surface area contributed by atoms with Crippen LogP contribution in [-0.2, 0) is 0 Å². The van der Waals surface area contributed by atoms with E-state index in [0.717, 1.165) is 45.2 Å². The molecule has 4 heteroatoms. The number of nitrogens with zero attached hydrogens (tertiary/aromatic N) is 4. The van der Waals surface area contributed by atoms with E-state index >= 15 is 0 Å². The average Bonchev–Trinajstić information content (AvgIpc) is 3.12. The van der Waals surface area contributed by atoms with Gasteiger partial charge in [0.2, 0.25) is 0 Å². The number of anilines is 3. The van der Waals surface area contributed by atoms with E-state index in [1.165, 1.54) is 10.8 Å². The predicted molar refractivity (Wildman–Crippen MR) is 140 cm³/mol. The molecular weight excluding hydrogens is 416 g/mol. The Balaban J connectivity index is 1.61. The van der Waals surface area contributed by atoms with E-state index < -0.39 is 0 Å². The van der Waals surface area contributed by atoms with Crippen LogP contribution in [0.15, 0.2) is 109 Å². The van der Waals surface area contributed by atoms with Crippen molar-refractivity contribution in [2.24, 2.45) is 0 Å². The average molecular weight is 437 g/mol. The predicted octanol–water partition coefficient (Wildman–Crippen LogP) is 7.53. The summed E-state index contributed by atoms with van der Waals surface area (Å²) in [5.74, 6) is 1.79. The van der Waals surface area contributed by atoms with Crippen LogP contribution in [0.1, 0.15) is 11.1 Å². The van der Waals surface area contributed by atoms with E-state index in [4.69, 9.17) is 4.98 Å². The van der Waals surface area contributed by atoms with Gasteiger partial charge in [-0.05, 0) is 59.7 Å². The van der Waals surface area contributed by atoms with Crippen molar-refractivity contribution in [2.75, 3.05) is 4.90 Å². The lowest BCUT2D eigenvalue weighted by Gasteiger charge is -2.26. The zero-order valence-electron chi connectivity index (χ0n) is 18.3. The van der Waals surface area contributed by atoms with Crippen molar-refractivity contribution < 1.29 is 0 Å². The number of hydrogen-bond donors (Lipinski definition) is 0. The van der Waals surface area contributed by atoms with Crippen molar-refractivity contribution >= 4 is 51.2 Å². The Bertz CT molecular complexity index is 1700. The third-order valence-electron chi connectivity index (χ3n) is 6.44. The molecule has 0 saturated heterocycles. The molecule has 34 heavy (non-hydrogen) atoms. The standard InChI is InChI=1S/C30H20N4/c1-3-11-25-21(9-1)15-16-22-19-24-23-10-2-4-12-26(23)34(30-14-6-8-18-32-30)28(24)20-27(22)33(25)29-13-5-7-17-31-29/h1-20H. The van der Waals surface area contributed by atoms with E-state index in [1.54, 1.807) is 0 Å². The van der Waals surface area contributed by atoms with Gasteiger partial charge in [0, 0.05) is 23.2 Å². The highest BCUT2D eigenvalue weighted by Crippen LogP contribution is 2.44. The highest BCUT2D eigenvalue weighted by molar-refractivity contribution is 6.12. The molecule has 0 amide bonds. The Morgan fingerprint density at radius 2 is 1.21 bits per heavy atom. The minimum absolute atomic E-state index is 0.889. The molecule has 0 aliphatic carbocycles. The zero-order chi connectivity index (χ0) is 22.5. The van der Waals surface area contributed by atoms with Crippen molar-refractivity contribution in [1.82, 2.24) is 14.5 Å². The molecule has 0 bridgehead atoms. The Labute approximate surface area is 197 Å². The number of hydrogen-bond acceptors (Lipinski definition) is 3. The molecule has 3 aromatic heterocycles. The molecule has 7 rings (SSSR count). The van der Waals surface area contributed by atoms with Crippen molar-refractivity contribution in [1.29, 1.82) is 0 Å². The van der Waals surface area contributed by atoms with Gasteiger partial charge < -0.3 is 0 Å². The highest BCUT2D eigenvalue weighted by Gasteiger charge is 2.23. The van der Waals surface area contributed by atoms with Crippen molar-refractivity contribution in [2.45, 2.75) is 0 Å². The van der Waals surface area contributed by atoms with Crippen LogP contribution in [0, 0.1) is 0 Å². The van der Waals surface area contributed by atoms with E-state index in [9.17, 15) is 0 Å². The van der Waals surface area contributed by atoms with Crippen molar-refractivity contribution in [3.8, 4) is 5.82 Å². The third-order valence-corrected chi connectivity index (χ3v) is 6.44. The molecule has 1 aliphatic rings. The van der Waals surface area contributed by atoms with Gasteiger partial charge >= 0.3 is 0 Å². The fourth-order valence-electron chi connectivity index (χ4n) is 4.96. The van der Waals surface area contributed by atoms with Gasteiger partial charge in [-0.3, -0.25) is 9.47 Å². The lowest BCUT2D eigenvalue weighted by molar-refractivity contribution is 1.08. The largest absolute Gasteiger partial charge is 0.294 e. The van der Waals surface area contributed by atoms with E-state index in [0.29, 0.717) is 0 Å². The van der Waals surface area contributed by atoms with E-state index in [2.05, 4.69) is 99.4 Å². The Hall–Kier alpha value is -4.70. The summed E-state index contributed by atoms with van der Waals surface area (Å²) in [4.78, 5) is 11.7. The number of rotatable bonds is 2. The van der Waals surface area contributed by atoms with Gasteiger partial charge in [-0.15, -0.1) is 0 Å². The maximum absolute atomic E-state index is 4.72. The van der Waals surface area contributed by atoms with Crippen molar-refractivity contribution in [3.63, 3.8) is 0 Å². The first-order valence-electron chi connectivity index (χ1n) is 11.4. The quantitative estimate of drug-likeness (QED) is 0.281. The molecule has 4 heterocycles. The van der Waals surface area contributed by atoms with Gasteiger partial charge in [-0.2, -0.15) is 0 Å². The normalized spacial score (nSPS) is 12.5. The van der Waals surface area contributed by atoms with Crippen LogP contribution in [0.5, 0.6) is 0 Å². The zero-order valence-corrected chi connectivity index (χ0v) is 18.3. The summed E-state index contributed by atoms with van der Waals surface area (Å²) < 4.78 is 2.25. The molecule has 0 fully saturated rings. The maximum atomic E-state index is 4.72. The second-order valence-electron chi connectivity index (χ2n) is 8.38. The number of benzene rings is 3. The molecule has 4 nitrogen and oxygen atoms in total. The minimum Gasteiger partial charge on any atom is -0.294 e. The first kappa shape index (κ1) is 18.8. The molecule has 0 radical (unpaired) electrons. The number of para-hydroxylation sites is 2. The highest BCUT2D eigenvalue weighted by atomic mass is 15.2. The Morgan fingerprint density at radius 3 is 2.03 bits per heavy atom. The molecule has 0 saturated carbocycles. The van der Waals surface area contributed by atoms with Gasteiger partial charge in [0.15, 0.2) is 0 Å². The van der Waals surface area contributed by atoms with Crippen LogP contribution in [0.25, 0.3) is 39.8 Å². The Kier molecular flexibility index (Phi) is 4.11. The first-order valence-corrected chi connectivity index (χ1v) is 11.4. The molecule has 6 aromatic rings. The van der Waals surface area contributed by atoms with E-state index in [-0.39, 0.29) is 0 Å². The second kappa shape index (κ2) is 7.42. The van der Waals surface area contributed by atoms with Gasteiger partial charge in [-0.1, -0.05) is 60.7 Å². The summed E-state index contributed by atoms with van der Waals surface area (Å²) >= 11 is 0. The SMILES string of the molecule is C1=Cc2cc3c4ccccc4n(-c4ccccn4)c3cc2N(c2ccccn2)c2ccccc21. The topological polar surface area (TPSA) is 34.0 Å². The van der Waals surface area contributed by atoms with Gasteiger partial charge in [0.25, 0.3) is 0 Å². The molecule has 0 atom stereocenters. The summed E-state index contributed by atoms with van der Waals surface area (Å²) in [5, 5.41) is 2.42. The van der Waals surface area contributed by atoms with Gasteiger partial charge in [0.1, 0.15) is 11.6 Å². The summed E-state index contributed by atoms with van der Waals surface area (Å²) in [6.07, 6.45) is 8.10. The Morgan fingerprint density at radius 1 is 0.500 bits per heavy atom. The summed E-state index contributed by atoms with van der Waals surface area (Å²) in [6.45, 7) is 0. The second-order valence-corrected chi connectivity index (χ2v) is 8.38. The first-order chi connectivity index (χ1) is 16.9. The fraction of sp³-hybridized carbons (Fsp3) is 0. The number of aromatic nitrogens is 3. The lowest BCUT2D eigenvalue weighted by Crippen LogP contribution is -2.13. The number of pyridine rings is 2. The summed E-state index contributed by atoms with van der Waals surface area (Å²) in [6, 6.07) is 33.7. The lowest BCUT2D eigenvalue weighted by atomic mass is 10.1. The van der Waals surface area contributed by atoms with Crippen LogP contribution in [0.3, 0.4) is 0 Å². The maximum Gasteiger partial charge on any atom is 0.137 e. The molecule has 160 valence electrons. The van der Waals surface area contributed by atoms with Crippen LogP contribution in [0.4, 0.5) is 17.2 Å². The summed E-state index contributed by atoms with van der Waals surface area (Å²) in [5.41, 5.74) is 6.77. The monoisotopic (exact) mass is 436 g/mol. The molecule has 3 aromatic carbocycles. The molecule has 0 spiro atoms. The summed E-state index contributed by atoms with van der Waals surface area (Å²) in [7, 11) is 0. The third kappa shape index (κ3) is 2.79. The van der Waals surface area contributed by atoms with E-state index in [1.807, 2.05) is 36.7 Å². The molecule has 0 N–H and O–H groups in total. The van der Waals surface area contributed by atoms with Gasteiger partial charge in [0.05, 0.1) is 22.4 Å². The van der Waals surface area contributed by atoms with Crippen molar-refractivity contribution in [3.05, 3.63) is 121 Å².